The van der Waals surface area contributed by atoms with Gasteiger partial charge in [0.15, 0.2) is 4.96 Å². The SMILES string of the molecule is O=C(O)c1cn2c(I)c(CCl)nc2s1. The van der Waals surface area contributed by atoms with Gasteiger partial charge in [0.1, 0.15) is 8.58 Å². The number of hydrogen-bond donors (Lipinski definition) is 1. The number of thiazole rings is 1. The van der Waals surface area contributed by atoms with E-state index in [0.717, 1.165) is 20.7 Å². The van der Waals surface area contributed by atoms with Crippen LogP contribution < -0.4 is 0 Å². The van der Waals surface area contributed by atoms with Gasteiger partial charge in [-0.1, -0.05) is 11.3 Å². The lowest BCUT2D eigenvalue weighted by Gasteiger charge is -1.88. The molecule has 14 heavy (non-hydrogen) atoms. The topological polar surface area (TPSA) is 54.6 Å². The number of carboxylic acid groups (broad SMARTS) is 1. The number of hydrogen-bond acceptors (Lipinski definition) is 3. The molecule has 0 spiro atoms. The van der Waals surface area contributed by atoms with Gasteiger partial charge in [-0.3, -0.25) is 4.40 Å². The van der Waals surface area contributed by atoms with E-state index >= 15 is 0 Å². The van der Waals surface area contributed by atoms with Gasteiger partial charge < -0.3 is 5.11 Å². The van der Waals surface area contributed by atoms with Crippen molar-refractivity contribution in [3.8, 4) is 0 Å². The lowest BCUT2D eigenvalue weighted by molar-refractivity contribution is 0.0702. The second kappa shape index (κ2) is 3.67. The molecule has 0 radical (unpaired) electrons. The van der Waals surface area contributed by atoms with Crippen molar-refractivity contribution in [1.82, 2.24) is 9.38 Å². The Morgan fingerprint density at radius 2 is 2.50 bits per heavy atom. The van der Waals surface area contributed by atoms with E-state index in [-0.39, 0.29) is 4.88 Å². The summed E-state index contributed by atoms with van der Waals surface area (Å²) in [6, 6.07) is 0. The quantitative estimate of drug-likeness (QED) is 0.674. The largest absolute Gasteiger partial charge is 0.477 e. The van der Waals surface area contributed by atoms with Crippen LogP contribution in [0, 0.1) is 3.70 Å². The zero-order valence-corrected chi connectivity index (χ0v) is 10.4. The summed E-state index contributed by atoms with van der Waals surface area (Å²) in [5.74, 6) is -0.585. The second-order valence-electron chi connectivity index (χ2n) is 2.54. The maximum atomic E-state index is 10.7. The molecule has 1 N–H and O–H groups in total. The van der Waals surface area contributed by atoms with E-state index in [2.05, 4.69) is 27.6 Å². The van der Waals surface area contributed by atoms with Crippen molar-refractivity contribution in [1.29, 1.82) is 0 Å². The van der Waals surface area contributed by atoms with Crippen LogP contribution in [0.15, 0.2) is 6.20 Å². The number of imidazole rings is 1. The van der Waals surface area contributed by atoms with Crippen molar-refractivity contribution in [2.75, 3.05) is 0 Å². The van der Waals surface area contributed by atoms with Crippen LogP contribution in [-0.4, -0.2) is 20.5 Å². The Balaban J connectivity index is 2.64. The van der Waals surface area contributed by atoms with Crippen molar-refractivity contribution < 1.29 is 9.90 Å². The van der Waals surface area contributed by atoms with Crippen LogP contribution in [0.5, 0.6) is 0 Å². The summed E-state index contributed by atoms with van der Waals surface area (Å²) in [5.41, 5.74) is 0.787. The smallest absolute Gasteiger partial charge is 0.347 e. The molecule has 0 fully saturated rings. The van der Waals surface area contributed by atoms with Crippen LogP contribution in [0.1, 0.15) is 15.4 Å². The van der Waals surface area contributed by atoms with E-state index in [1.807, 2.05) is 0 Å². The fourth-order valence-electron chi connectivity index (χ4n) is 1.05. The summed E-state index contributed by atoms with van der Waals surface area (Å²) in [6.45, 7) is 0. The molecule has 0 aliphatic rings. The Hall–Kier alpha value is -0.340. The van der Waals surface area contributed by atoms with Crippen molar-refractivity contribution >= 4 is 56.5 Å². The highest BCUT2D eigenvalue weighted by Gasteiger charge is 2.14. The number of nitrogens with zero attached hydrogens (tertiary/aromatic N) is 2. The number of fused-ring (bicyclic) bond motifs is 1. The average molecular weight is 343 g/mol. The predicted molar refractivity (Wildman–Crippen MR) is 62.3 cm³/mol. The highest BCUT2D eigenvalue weighted by molar-refractivity contribution is 14.1. The first kappa shape index (κ1) is 10.2. The van der Waals surface area contributed by atoms with Gasteiger partial charge in [0.25, 0.3) is 0 Å². The number of halogens is 2. The third-order valence-corrected chi connectivity index (χ3v) is 4.04. The number of alkyl halides is 1. The van der Waals surface area contributed by atoms with Gasteiger partial charge in [-0.2, -0.15) is 0 Å². The fraction of sp³-hybridized carbons (Fsp3) is 0.143. The summed E-state index contributed by atoms with van der Waals surface area (Å²) >= 11 is 8.92. The first-order chi connectivity index (χ1) is 6.63. The number of aromatic nitrogens is 2. The Morgan fingerprint density at radius 3 is 3.00 bits per heavy atom. The molecule has 2 aromatic rings. The van der Waals surface area contributed by atoms with Gasteiger partial charge in [-0.15, -0.1) is 11.6 Å². The molecule has 0 unspecified atom stereocenters. The normalized spacial score (nSPS) is 11.0. The van der Waals surface area contributed by atoms with E-state index < -0.39 is 5.97 Å². The Bertz CT molecular complexity index is 507. The maximum absolute atomic E-state index is 10.7. The summed E-state index contributed by atoms with van der Waals surface area (Å²) in [4.78, 5) is 15.8. The molecule has 0 saturated heterocycles. The maximum Gasteiger partial charge on any atom is 0.347 e. The molecule has 0 atom stereocenters. The molecule has 0 aliphatic carbocycles. The zero-order chi connectivity index (χ0) is 10.3. The summed E-state index contributed by atoms with van der Waals surface area (Å²) < 4.78 is 2.61. The molecule has 0 amide bonds. The van der Waals surface area contributed by atoms with Crippen LogP contribution in [-0.2, 0) is 5.88 Å². The van der Waals surface area contributed by atoms with Crippen molar-refractivity contribution in [2.24, 2.45) is 0 Å². The van der Waals surface area contributed by atoms with Crippen LogP contribution in [0.4, 0.5) is 0 Å². The van der Waals surface area contributed by atoms with Gasteiger partial charge in [-0.25, -0.2) is 9.78 Å². The molecular formula is C7H4ClIN2O2S. The summed E-state index contributed by atoms with van der Waals surface area (Å²) in [7, 11) is 0. The molecule has 74 valence electrons. The zero-order valence-electron chi connectivity index (χ0n) is 6.70. The van der Waals surface area contributed by atoms with E-state index in [1.54, 1.807) is 10.6 Å². The highest BCUT2D eigenvalue weighted by atomic mass is 127. The molecule has 0 aliphatic heterocycles. The molecular weight excluding hydrogens is 339 g/mol. The molecule has 4 nitrogen and oxygen atoms in total. The van der Waals surface area contributed by atoms with E-state index in [1.165, 1.54) is 0 Å². The standard InChI is InChI=1S/C7H4ClIN2O2S/c8-1-3-5(9)11-2-4(6(12)13)14-7(11)10-3/h2H,1H2,(H,12,13). The number of carbonyl (C=O) groups is 1. The molecule has 0 aromatic carbocycles. The van der Waals surface area contributed by atoms with E-state index in [4.69, 9.17) is 16.7 Å². The van der Waals surface area contributed by atoms with E-state index in [9.17, 15) is 4.79 Å². The molecule has 2 rings (SSSR count). The van der Waals surface area contributed by atoms with Gasteiger partial charge in [0.2, 0.25) is 0 Å². The molecule has 7 heteroatoms. The first-order valence-electron chi connectivity index (χ1n) is 3.59. The molecule has 2 aromatic heterocycles. The van der Waals surface area contributed by atoms with Crippen LogP contribution >= 0.6 is 45.5 Å². The molecule has 0 bridgehead atoms. The lowest BCUT2D eigenvalue weighted by Crippen LogP contribution is -1.92. The second-order valence-corrected chi connectivity index (χ2v) is 4.83. The monoisotopic (exact) mass is 342 g/mol. The minimum Gasteiger partial charge on any atom is -0.477 e. The fourth-order valence-corrected chi connectivity index (χ4v) is 3.14. The van der Waals surface area contributed by atoms with Crippen LogP contribution in [0.3, 0.4) is 0 Å². The molecule has 2 heterocycles. The van der Waals surface area contributed by atoms with Gasteiger partial charge >= 0.3 is 5.97 Å². The van der Waals surface area contributed by atoms with Crippen molar-refractivity contribution in [2.45, 2.75) is 5.88 Å². The van der Waals surface area contributed by atoms with Crippen molar-refractivity contribution in [3.63, 3.8) is 0 Å². The van der Waals surface area contributed by atoms with Gasteiger partial charge in [-0.05, 0) is 22.6 Å². The minimum absolute atomic E-state index is 0.284. The van der Waals surface area contributed by atoms with Gasteiger partial charge in [0.05, 0.1) is 11.6 Å². The van der Waals surface area contributed by atoms with E-state index in [0.29, 0.717) is 10.8 Å². The summed E-state index contributed by atoms with van der Waals surface area (Å²) in [6.07, 6.45) is 1.56. The Morgan fingerprint density at radius 1 is 1.79 bits per heavy atom. The number of rotatable bonds is 2. The van der Waals surface area contributed by atoms with Crippen LogP contribution in [0.2, 0.25) is 0 Å². The first-order valence-corrected chi connectivity index (χ1v) is 6.02. The minimum atomic E-state index is -0.927. The summed E-state index contributed by atoms with van der Waals surface area (Å²) in [5, 5.41) is 8.76. The average Bonchev–Trinajstić information content (AvgIpc) is 2.66. The Kier molecular flexibility index (Phi) is 2.67. The van der Waals surface area contributed by atoms with Crippen molar-refractivity contribution in [3.05, 3.63) is 20.5 Å². The predicted octanol–water partition coefficient (Wildman–Crippen LogP) is 2.44. The number of aromatic carboxylic acids is 1. The lowest BCUT2D eigenvalue weighted by atomic mass is 10.5. The number of carboxylic acids is 1. The molecule has 0 saturated carbocycles. The third kappa shape index (κ3) is 1.51. The Labute approximate surface area is 102 Å². The van der Waals surface area contributed by atoms with Crippen LogP contribution in [0.25, 0.3) is 4.96 Å². The highest BCUT2D eigenvalue weighted by Crippen LogP contribution is 2.23. The third-order valence-electron chi connectivity index (χ3n) is 1.67. The van der Waals surface area contributed by atoms with Gasteiger partial charge in [0, 0.05) is 6.20 Å².